The molecule has 1 fully saturated rings. The van der Waals surface area contributed by atoms with Gasteiger partial charge in [0.2, 0.25) is 0 Å². The molecule has 39 heavy (non-hydrogen) atoms. The number of imidazole rings is 1. The Balaban J connectivity index is 1.49. The molecule has 2 aromatic carbocycles. The van der Waals surface area contributed by atoms with Crippen molar-refractivity contribution < 1.29 is 31.4 Å². The minimum atomic E-state index is -4.49. The van der Waals surface area contributed by atoms with Crippen LogP contribution in [0.2, 0.25) is 0 Å². The zero-order valence-corrected chi connectivity index (χ0v) is 20.8. The van der Waals surface area contributed by atoms with Crippen molar-refractivity contribution in [2.24, 2.45) is 0 Å². The number of nitrogens with one attached hydrogen (secondary N) is 1. The zero-order valence-electron chi connectivity index (χ0n) is 20.8. The molecular formula is C27H26F5N5O2. The number of pyridine rings is 1. The maximum atomic E-state index is 13.0. The van der Waals surface area contributed by atoms with Crippen LogP contribution in [0.25, 0.3) is 22.2 Å². The summed E-state index contributed by atoms with van der Waals surface area (Å²) in [6.45, 7) is -1.31. The average molecular weight is 548 g/mol. The first kappa shape index (κ1) is 26.8. The van der Waals surface area contributed by atoms with Gasteiger partial charge in [-0.05, 0) is 35.9 Å². The lowest BCUT2D eigenvalue weighted by Crippen LogP contribution is -2.43. The summed E-state index contributed by atoms with van der Waals surface area (Å²) in [5, 5.41) is 3.31. The third kappa shape index (κ3) is 6.63. The van der Waals surface area contributed by atoms with Gasteiger partial charge in [-0.2, -0.15) is 22.0 Å². The first-order chi connectivity index (χ1) is 18.8. The van der Waals surface area contributed by atoms with Gasteiger partial charge in [0.25, 0.3) is 0 Å². The third-order valence-electron chi connectivity index (χ3n) is 6.36. The van der Waals surface area contributed by atoms with Crippen LogP contribution in [-0.4, -0.2) is 60.1 Å². The maximum Gasteiger partial charge on any atom is 0.411 e. The van der Waals surface area contributed by atoms with Gasteiger partial charge in [0.15, 0.2) is 0 Å². The molecule has 0 unspecified atom stereocenters. The van der Waals surface area contributed by atoms with Gasteiger partial charge in [-0.25, -0.2) is 9.97 Å². The normalized spacial score (nSPS) is 14.4. The van der Waals surface area contributed by atoms with Gasteiger partial charge >= 0.3 is 12.8 Å². The second kappa shape index (κ2) is 11.5. The van der Waals surface area contributed by atoms with Gasteiger partial charge in [-0.15, -0.1) is 0 Å². The first-order valence-corrected chi connectivity index (χ1v) is 12.4. The van der Waals surface area contributed by atoms with E-state index in [0.717, 1.165) is 43.1 Å². The number of para-hydroxylation sites is 1. The summed E-state index contributed by atoms with van der Waals surface area (Å²) in [7, 11) is 0. The van der Waals surface area contributed by atoms with Crippen molar-refractivity contribution in [1.82, 2.24) is 19.9 Å². The number of alkyl halides is 5. The molecule has 3 heterocycles. The predicted octanol–water partition coefficient (Wildman–Crippen LogP) is 5.24. The fraction of sp³-hybridized carbons (Fsp3) is 0.333. The number of hydrogen-bond donors (Lipinski definition) is 1. The molecule has 0 bridgehead atoms. The molecule has 0 amide bonds. The molecule has 7 nitrogen and oxygen atoms in total. The second-order valence-electron chi connectivity index (χ2n) is 9.05. The molecule has 4 aromatic rings. The number of nitrogens with zero attached hydrogens (tertiary/aromatic N) is 4. The number of ether oxygens (including phenoxy) is 2. The van der Waals surface area contributed by atoms with Crippen LogP contribution in [0.1, 0.15) is 11.4 Å². The van der Waals surface area contributed by atoms with E-state index < -0.39 is 26.0 Å². The first-order valence-electron chi connectivity index (χ1n) is 12.4. The van der Waals surface area contributed by atoms with Crippen LogP contribution in [0, 0.1) is 0 Å². The van der Waals surface area contributed by atoms with E-state index in [1.165, 1.54) is 6.07 Å². The molecule has 1 saturated heterocycles. The summed E-state index contributed by atoms with van der Waals surface area (Å²) < 4.78 is 75.4. The topological polar surface area (TPSA) is 64.4 Å². The van der Waals surface area contributed by atoms with E-state index in [4.69, 9.17) is 4.74 Å². The number of anilines is 1. The molecule has 0 spiro atoms. The second-order valence-corrected chi connectivity index (χ2v) is 9.05. The molecule has 12 heteroatoms. The maximum absolute atomic E-state index is 13.0. The Morgan fingerprint density at radius 2 is 1.74 bits per heavy atom. The molecule has 1 aliphatic rings. The number of fused-ring (bicyclic) bond motifs is 1. The van der Waals surface area contributed by atoms with Gasteiger partial charge in [0.05, 0.1) is 17.6 Å². The van der Waals surface area contributed by atoms with Crippen LogP contribution in [0.15, 0.2) is 60.8 Å². The minimum Gasteiger partial charge on any atom is -0.434 e. The summed E-state index contributed by atoms with van der Waals surface area (Å²) in [5.74, 6) is 1.08. The van der Waals surface area contributed by atoms with Crippen molar-refractivity contribution in [1.29, 1.82) is 0 Å². The van der Waals surface area contributed by atoms with Crippen LogP contribution in [0.4, 0.5) is 27.8 Å². The highest BCUT2D eigenvalue weighted by molar-refractivity contribution is 5.83. The highest BCUT2D eigenvalue weighted by atomic mass is 19.4. The van der Waals surface area contributed by atoms with E-state index in [-0.39, 0.29) is 18.1 Å². The molecule has 0 aliphatic carbocycles. The molecule has 0 radical (unpaired) electrons. The third-order valence-corrected chi connectivity index (χ3v) is 6.36. The lowest BCUT2D eigenvalue weighted by atomic mass is 10.1. The minimum absolute atomic E-state index is 0.0274. The summed E-state index contributed by atoms with van der Waals surface area (Å²) in [6, 6.07) is 15.7. The fourth-order valence-corrected chi connectivity index (χ4v) is 4.55. The Bertz CT molecular complexity index is 1400. The molecular weight excluding hydrogens is 521 g/mol. The van der Waals surface area contributed by atoms with Crippen LogP contribution in [0.5, 0.6) is 5.75 Å². The Morgan fingerprint density at radius 1 is 0.974 bits per heavy atom. The summed E-state index contributed by atoms with van der Waals surface area (Å²) in [6.07, 6.45) is -2.72. The van der Waals surface area contributed by atoms with Crippen molar-refractivity contribution in [3.8, 4) is 16.9 Å². The van der Waals surface area contributed by atoms with Crippen molar-refractivity contribution >= 4 is 16.9 Å². The SMILES string of the molecule is FC(F)Oc1ccccc1Cn1c(COCC(F)(F)F)nc2ccc(-c3ccc(N4CCNCC4)nc3)cc21. The van der Waals surface area contributed by atoms with E-state index in [2.05, 4.69) is 24.9 Å². The van der Waals surface area contributed by atoms with Crippen LogP contribution in [-0.2, 0) is 17.9 Å². The monoisotopic (exact) mass is 547 g/mol. The largest absolute Gasteiger partial charge is 0.434 e. The number of piperazine rings is 1. The smallest absolute Gasteiger partial charge is 0.411 e. The van der Waals surface area contributed by atoms with Crippen LogP contribution in [0.3, 0.4) is 0 Å². The highest BCUT2D eigenvalue weighted by Gasteiger charge is 2.28. The van der Waals surface area contributed by atoms with Gasteiger partial charge in [-0.1, -0.05) is 24.3 Å². The Labute approximate surface area is 221 Å². The van der Waals surface area contributed by atoms with Crippen molar-refractivity contribution in [2.75, 3.05) is 37.7 Å². The summed E-state index contributed by atoms with van der Waals surface area (Å²) >= 11 is 0. The Hall–Kier alpha value is -3.77. The number of aromatic nitrogens is 3. The molecule has 2 aromatic heterocycles. The lowest BCUT2D eigenvalue weighted by Gasteiger charge is -2.28. The summed E-state index contributed by atoms with van der Waals surface area (Å²) in [5.41, 5.74) is 3.22. The number of benzene rings is 2. The molecule has 0 saturated carbocycles. The zero-order chi connectivity index (χ0) is 27.4. The van der Waals surface area contributed by atoms with E-state index in [1.807, 2.05) is 24.3 Å². The molecule has 1 N–H and O–H groups in total. The average Bonchev–Trinajstić information content (AvgIpc) is 3.25. The fourth-order valence-electron chi connectivity index (χ4n) is 4.55. The Kier molecular flexibility index (Phi) is 7.94. The number of halogens is 5. The lowest BCUT2D eigenvalue weighted by molar-refractivity contribution is -0.177. The molecule has 206 valence electrons. The standard InChI is InChI=1S/C27H26F5N5O2/c28-26(29)39-23-4-2-1-3-20(23)15-37-22-13-18(5-7-21(22)35-25(37)16-38-17-27(30,31)32)19-6-8-24(34-14-19)36-11-9-33-10-12-36/h1-8,13-14,26,33H,9-12,15-17H2. The van der Waals surface area contributed by atoms with E-state index in [9.17, 15) is 22.0 Å². The van der Waals surface area contributed by atoms with E-state index >= 15 is 0 Å². The quantitative estimate of drug-likeness (QED) is 0.290. The van der Waals surface area contributed by atoms with Crippen LogP contribution >= 0.6 is 0 Å². The van der Waals surface area contributed by atoms with Crippen molar-refractivity contribution in [3.05, 3.63) is 72.2 Å². The highest BCUT2D eigenvalue weighted by Crippen LogP contribution is 2.29. The number of rotatable bonds is 9. The number of hydrogen-bond acceptors (Lipinski definition) is 6. The van der Waals surface area contributed by atoms with Gasteiger partial charge < -0.3 is 24.3 Å². The predicted molar refractivity (Wildman–Crippen MR) is 136 cm³/mol. The van der Waals surface area contributed by atoms with Crippen molar-refractivity contribution in [2.45, 2.75) is 25.9 Å². The van der Waals surface area contributed by atoms with E-state index in [0.29, 0.717) is 16.6 Å². The van der Waals surface area contributed by atoms with Crippen LogP contribution < -0.4 is 15.0 Å². The van der Waals surface area contributed by atoms with E-state index in [1.54, 1.807) is 35.0 Å². The van der Waals surface area contributed by atoms with Gasteiger partial charge in [-0.3, -0.25) is 0 Å². The molecule has 1 aliphatic heterocycles. The summed E-state index contributed by atoms with van der Waals surface area (Å²) in [4.78, 5) is 11.3. The Morgan fingerprint density at radius 3 is 2.46 bits per heavy atom. The molecule has 0 atom stereocenters. The van der Waals surface area contributed by atoms with Crippen molar-refractivity contribution in [3.63, 3.8) is 0 Å². The van der Waals surface area contributed by atoms with Gasteiger partial charge in [0, 0.05) is 43.5 Å². The van der Waals surface area contributed by atoms with Gasteiger partial charge in [0.1, 0.15) is 30.6 Å². The molecule has 5 rings (SSSR count).